The highest BCUT2D eigenvalue weighted by atomic mass is 16.6. The van der Waals surface area contributed by atoms with Crippen LogP contribution in [0.4, 0.5) is 0 Å². The van der Waals surface area contributed by atoms with Gasteiger partial charge in [0.1, 0.15) is 5.60 Å². The summed E-state index contributed by atoms with van der Waals surface area (Å²) in [7, 11) is 0. The lowest BCUT2D eigenvalue weighted by atomic mass is 9.87. The molecule has 1 aliphatic carbocycles. The monoisotopic (exact) mass is 254 g/mol. The van der Waals surface area contributed by atoms with Gasteiger partial charge in [-0.3, -0.25) is 4.79 Å². The Morgan fingerprint density at radius 1 is 1.17 bits per heavy atom. The molecule has 0 heterocycles. The van der Waals surface area contributed by atoms with Crippen molar-refractivity contribution in [2.24, 2.45) is 17.8 Å². The molecule has 1 rings (SSSR count). The third-order valence-corrected chi connectivity index (χ3v) is 4.31. The van der Waals surface area contributed by atoms with Crippen LogP contribution >= 0.6 is 0 Å². The first-order valence-corrected chi connectivity index (χ1v) is 7.63. The van der Waals surface area contributed by atoms with Crippen LogP contribution in [0.3, 0.4) is 0 Å². The van der Waals surface area contributed by atoms with E-state index in [4.69, 9.17) is 4.74 Å². The van der Waals surface area contributed by atoms with Crippen molar-refractivity contribution in [1.82, 2.24) is 0 Å². The topological polar surface area (TPSA) is 26.3 Å². The summed E-state index contributed by atoms with van der Waals surface area (Å²) in [5.74, 6) is 1.03. The molecule has 0 aliphatic heterocycles. The normalized spacial score (nSPS) is 20.4. The van der Waals surface area contributed by atoms with Crippen LogP contribution in [0.1, 0.15) is 73.1 Å². The number of hydrogen-bond donors (Lipinski definition) is 0. The fraction of sp³-hybridized carbons (Fsp3) is 0.938. The van der Waals surface area contributed by atoms with Crippen LogP contribution in [-0.4, -0.2) is 11.6 Å². The van der Waals surface area contributed by atoms with Crippen molar-refractivity contribution in [2.75, 3.05) is 0 Å². The molecule has 18 heavy (non-hydrogen) atoms. The fourth-order valence-corrected chi connectivity index (χ4v) is 2.98. The SMILES string of the molecule is CCC1(OC(=O)C(CC(C)C)C(C)C)CCCC1. The average molecular weight is 254 g/mol. The molecule has 0 aromatic carbocycles. The Hall–Kier alpha value is -0.530. The number of carbonyl (C=O) groups excluding carboxylic acids is 1. The minimum Gasteiger partial charge on any atom is -0.459 e. The van der Waals surface area contributed by atoms with Crippen molar-refractivity contribution < 1.29 is 9.53 Å². The first kappa shape index (κ1) is 15.5. The Morgan fingerprint density at radius 3 is 2.11 bits per heavy atom. The Kier molecular flexibility index (Phi) is 5.68. The first-order chi connectivity index (χ1) is 8.40. The van der Waals surface area contributed by atoms with E-state index in [1.165, 1.54) is 12.8 Å². The van der Waals surface area contributed by atoms with Crippen LogP contribution in [0.2, 0.25) is 0 Å². The molecule has 0 N–H and O–H groups in total. The van der Waals surface area contributed by atoms with Crippen LogP contribution in [0, 0.1) is 17.8 Å². The molecule has 1 unspecified atom stereocenters. The zero-order valence-electron chi connectivity index (χ0n) is 12.8. The summed E-state index contributed by atoms with van der Waals surface area (Å²) in [6.07, 6.45) is 6.43. The van der Waals surface area contributed by atoms with Crippen molar-refractivity contribution in [2.45, 2.75) is 78.7 Å². The predicted octanol–water partition coefficient (Wildman–Crippen LogP) is 4.57. The van der Waals surface area contributed by atoms with E-state index >= 15 is 0 Å². The van der Waals surface area contributed by atoms with Gasteiger partial charge in [0.2, 0.25) is 0 Å². The maximum absolute atomic E-state index is 12.4. The third-order valence-electron chi connectivity index (χ3n) is 4.31. The average Bonchev–Trinajstić information content (AvgIpc) is 2.74. The summed E-state index contributed by atoms with van der Waals surface area (Å²) < 4.78 is 5.93. The maximum Gasteiger partial charge on any atom is 0.309 e. The van der Waals surface area contributed by atoms with Gasteiger partial charge in [0.05, 0.1) is 5.92 Å². The van der Waals surface area contributed by atoms with Gasteiger partial charge in [-0.15, -0.1) is 0 Å². The van der Waals surface area contributed by atoms with Gasteiger partial charge in [-0.05, 0) is 50.4 Å². The Bertz CT molecular complexity index is 262. The van der Waals surface area contributed by atoms with Gasteiger partial charge in [-0.25, -0.2) is 0 Å². The lowest BCUT2D eigenvalue weighted by Crippen LogP contribution is -2.36. The van der Waals surface area contributed by atoms with Crippen LogP contribution in [-0.2, 0) is 9.53 Å². The molecule has 1 saturated carbocycles. The van der Waals surface area contributed by atoms with Gasteiger partial charge in [-0.2, -0.15) is 0 Å². The van der Waals surface area contributed by atoms with E-state index in [1.807, 2.05) is 0 Å². The number of hydrogen-bond acceptors (Lipinski definition) is 2. The van der Waals surface area contributed by atoms with Crippen molar-refractivity contribution in [3.8, 4) is 0 Å². The Morgan fingerprint density at radius 2 is 1.72 bits per heavy atom. The fourth-order valence-electron chi connectivity index (χ4n) is 2.98. The van der Waals surface area contributed by atoms with Gasteiger partial charge in [-0.1, -0.05) is 34.6 Å². The molecule has 2 heteroatoms. The van der Waals surface area contributed by atoms with Gasteiger partial charge >= 0.3 is 5.97 Å². The molecular formula is C16H30O2. The standard InChI is InChI=1S/C16H30O2/c1-6-16(9-7-8-10-16)18-15(17)14(13(4)5)11-12(2)3/h12-14H,6-11H2,1-5H3. The van der Waals surface area contributed by atoms with E-state index in [1.54, 1.807) is 0 Å². The second-order valence-corrected chi connectivity index (χ2v) is 6.64. The smallest absolute Gasteiger partial charge is 0.309 e. The van der Waals surface area contributed by atoms with Gasteiger partial charge in [0.15, 0.2) is 0 Å². The summed E-state index contributed by atoms with van der Waals surface area (Å²) in [5, 5.41) is 0. The molecule has 2 nitrogen and oxygen atoms in total. The molecule has 0 amide bonds. The number of esters is 1. The van der Waals surface area contributed by atoms with Gasteiger partial charge in [0.25, 0.3) is 0 Å². The lowest BCUT2D eigenvalue weighted by molar-refractivity contribution is -0.167. The van der Waals surface area contributed by atoms with Crippen LogP contribution in [0.15, 0.2) is 0 Å². The van der Waals surface area contributed by atoms with Crippen molar-refractivity contribution in [1.29, 1.82) is 0 Å². The first-order valence-electron chi connectivity index (χ1n) is 7.63. The molecule has 0 spiro atoms. The highest BCUT2D eigenvalue weighted by Gasteiger charge is 2.38. The minimum atomic E-state index is -0.138. The zero-order valence-corrected chi connectivity index (χ0v) is 12.8. The molecule has 0 aromatic rings. The molecule has 0 aromatic heterocycles. The van der Waals surface area contributed by atoms with Crippen molar-refractivity contribution in [3.63, 3.8) is 0 Å². The third kappa shape index (κ3) is 4.00. The molecule has 0 saturated heterocycles. The second kappa shape index (κ2) is 6.58. The molecule has 0 bridgehead atoms. The van der Waals surface area contributed by atoms with Crippen LogP contribution in [0.5, 0.6) is 0 Å². The van der Waals surface area contributed by atoms with E-state index in [0.29, 0.717) is 11.8 Å². The van der Waals surface area contributed by atoms with Crippen LogP contribution < -0.4 is 0 Å². The Balaban J connectivity index is 2.65. The molecular weight excluding hydrogens is 224 g/mol. The summed E-state index contributed by atoms with van der Waals surface area (Å²) in [6, 6.07) is 0. The quantitative estimate of drug-likeness (QED) is 0.649. The summed E-state index contributed by atoms with van der Waals surface area (Å²) in [6.45, 7) is 10.7. The molecule has 1 aliphatic rings. The van der Waals surface area contributed by atoms with Crippen molar-refractivity contribution in [3.05, 3.63) is 0 Å². The zero-order chi connectivity index (χ0) is 13.8. The van der Waals surface area contributed by atoms with E-state index in [-0.39, 0.29) is 17.5 Å². The van der Waals surface area contributed by atoms with Crippen LogP contribution in [0.25, 0.3) is 0 Å². The van der Waals surface area contributed by atoms with E-state index < -0.39 is 0 Å². The minimum absolute atomic E-state index is 0.0439. The molecule has 106 valence electrons. The number of carbonyl (C=O) groups is 1. The van der Waals surface area contributed by atoms with E-state index in [9.17, 15) is 4.79 Å². The van der Waals surface area contributed by atoms with E-state index in [0.717, 1.165) is 25.7 Å². The molecule has 1 fully saturated rings. The van der Waals surface area contributed by atoms with Gasteiger partial charge < -0.3 is 4.74 Å². The summed E-state index contributed by atoms with van der Waals surface area (Å²) in [5.41, 5.74) is -0.138. The van der Waals surface area contributed by atoms with E-state index in [2.05, 4.69) is 34.6 Å². The maximum atomic E-state index is 12.4. The second-order valence-electron chi connectivity index (χ2n) is 6.64. The number of ether oxygens (including phenoxy) is 1. The van der Waals surface area contributed by atoms with Gasteiger partial charge in [0, 0.05) is 0 Å². The highest BCUT2D eigenvalue weighted by molar-refractivity contribution is 5.73. The highest BCUT2D eigenvalue weighted by Crippen LogP contribution is 2.37. The Labute approximate surface area is 112 Å². The van der Waals surface area contributed by atoms with Crippen molar-refractivity contribution >= 4 is 5.97 Å². The molecule has 1 atom stereocenters. The predicted molar refractivity (Wildman–Crippen MR) is 75.4 cm³/mol. The lowest BCUT2D eigenvalue weighted by Gasteiger charge is -2.31. The largest absolute Gasteiger partial charge is 0.459 e. The summed E-state index contributed by atoms with van der Waals surface area (Å²) in [4.78, 5) is 12.4. The number of rotatable bonds is 6. The summed E-state index contributed by atoms with van der Waals surface area (Å²) >= 11 is 0. The molecule has 0 radical (unpaired) electrons.